The molecule has 0 amide bonds. The molecule has 0 radical (unpaired) electrons. The molecule has 1 saturated heterocycles. The molecule has 4 heteroatoms. The molecule has 2 N–H and O–H groups in total. The van der Waals surface area contributed by atoms with Crippen molar-refractivity contribution < 1.29 is 14.6 Å². The zero-order chi connectivity index (χ0) is 13.7. The number of nitrogens with one attached hydrogen (secondary N) is 1. The van der Waals surface area contributed by atoms with Crippen molar-refractivity contribution >= 4 is 5.97 Å². The van der Waals surface area contributed by atoms with E-state index in [4.69, 9.17) is 4.74 Å². The molecule has 1 aliphatic heterocycles. The van der Waals surface area contributed by atoms with E-state index in [1.807, 2.05) is 30.3 Å². The molecule has 0 aliphatic carbocycles. The lowest BCUT2D eigenvalue weighted by molar-refractivity contribution is -0.157. The molecule has 2 rings (SSSR count). The monoisotopic (exact) mass is 263 g/mol. The van der Waals surface area contributed by atoms with Gasteiger partial charge in [-0.05, 0) is 31.9 Å². The molecule has 0 unspecified atom stereocenters. The number of aliphatic hydroxyl groups excluding tert-OH is 1. The van der Waals surface area contributed by atoms with E-state index in [0.717, 1.165) is 24.9 Å². The summed E-state index contributed by atoms with van der Waals surface area (Å²) in [7, 11) is 0. The van der Waals surface area contributed by atoms with Crippen molar-refractivity contribution in [2.75, 3.05) is 13.2 Å². The highest BCUT2D eigenvalue weighted by Crippen LogP contribution is 2.32. The van der Waals surface area contributed by atoms with E-state index in [1.54, 1.807) is 6.92 Å². The number of benzene rings is 1. The van der Waals surface area contributed by atoms with Gasteiger partial charge in [0.15, 0.2) is 6.10 Å². The summed E-state index contributed by atoms with van der Waals surface area (Å²) in [5.74, 6) is -0.646. The first kappa shape index (κ1) is 14.0. The maximum Gasteiger partial charge on any atom is 0.335 e. The van der Waals surface area contributed by atoms with Crippen molar-refractivity contribution in [1.29, 1.82) is 0 Å². The van der Waals surface area contributed by atoms with Gasteiger partial charge in [-0.3, -0.25) is 0 Å². The normalized spacial score (nSPS) is 24.7. The molecule has 0 bridgehead atoms. The molecule has 4 nitrogen and oxygen atoms in total. The minimum absolute atomic E-state index is 0.00866. The fraction of sp³-hybridized carbons (Fsp3) is 0.533. The first-order valence-corrected chi connectivity index (χ1v) is 6.87. The number of ether oxygens (including phenoxy) is 1. The van der Waals surface area contributed by atoms with Crippen LogP contribution < -0.4 is 5.32 Å². The van der Waals surface area contributed by atoms with Crippen molar-refractivity contribution in [3.8, 4) is 0 Å². The van der Waals surface area contributed by atoms with E-state index >= 15 is 0 Å². The van der Waals surface area contributed by atoms with Gasteiger partial charge in [-0.15, -0.1) is 0 Å². The number of carbonyl (C=O) groups excluding carboxylic acids is 1. The fourth-order valence-corrected chi connectivity index (χ4v) is 2.68. The van der Waals surface area contributed by atoms with Crippen LogP contribution in [0, 0.1) is 5.92 Å². The number of rotatable bonds is 4. The van der Waals surface area contributed by atoms with Crippen molar-refractivity contribution in [1.82, 2.24) is 5.32 Å². The Labute approximate surface area is 113 Å². The minimum Gasteiger partial charge on any atom is -0.464 e. The smallest absolute Gasteiger partial charge is 0.335 e. The van der Waals surface area contributed by atoms with Crippen molar-refractivity contribution in [3.05, 3.63) is 35.9 Å². The number of hydrogen-bond donors (Lipinski definition) is 2. The third-order valence-corrected chi connectivity index (χ3v) is 3.60. The van der Waals surface area contributed by atoms with E-state index in [9.17, 15) is 9.90 Å². The third-order valence-electron chi connectivity index (χ3n) is 3.60. The molecule has 1 fully saturated rings. The molecule has 0 aromatic heterocycles. The lowest BCUT2D eigenvalue weighted by atomic mass is 9.82. The van der Waals surface area contributed by atoms with Gasteiger partial charge >= 0.3 is 5.97 Å². The number of hydrogen-bond acceptors (Lipinski definition) is 4. The SMILES string of the molecule is CCOC(=O)[C@H](O)[C@H]1CCCN[C@H]1c1ccccc1. The van der Waals surface area contributed by atoms with E-state index in [1.165, 1.54) is 0 Å². The van der Waals surface area contributed by atoms with Gasteiger partial charge in [0.05, 0.1) is 6.61 Å². The summed E-state index contributed by atoms with van der Waals surface area (Å²) in [6.07, 6.45) is 0.731. The Morgan fingerprint density at radius 2 is 2.21 bits per heavy atom. The van der Waals surface area contributed by atoms with Crippen LogP contribution in [0.3, 0.4) is 0 Å². The summed E-state index contributed by atoms with van der Waals surface area (Å²) in [6.45, 7) is 2.95. The molecule has 0 saturated carbocycles. The van der Waals surface area contributed by atoms with Gasteiger partial charge in [0.1, 0.15) is 0 Å². The zero-order valence-corrected chi connectivity index (χ0v) is 11.2. The predicted octanol–water partition coefficient (Wildman–Crippen LogP) is 1.65. The van der Waals surface area contributed by atoms with Crippen molar-refractivity contribution in [2.24, 2.45) is 5.92 Å². The number of piperidine rings is 1. The van der Waals surface area contributed by atoms with Crippen LogP contribution in [-0.4, -0.2) is 30.3 Å². The summed E-state index contributed by atoms with van der Waals surface area (Å²) < 4.78 is 4.92. The summed E-state index contributed by atoms with van der Waals surface area (Å²) in [6, 6.07) is 9.96. The van der Waals surface area contributed by atoms with Gasteiger partial charge in [-0.25, -0.2) is 4.79 Å². The maximum atomic E-state index is 11.7. The Morgan fingerprint density at radius 3 is 2.89 bits per heavy atom. The van der Waals surface area contributed by atoms with E-state index in [2.05, 4.69) is 5.32 Å². The van der Waals surface area contributed by atoms with Gasteiger partial charge in [-0.2, -0.15) is 0 Å². The zero-order valence-electron chi connectivity index (χ0n) is 11.2. The molecule has 104 valence electrons. The number of esters is 1. The second-order valence-corrected chi connectivity index (χ2v) is 4.85. The van der Waals surface area contributed by atoms with Gasteiger partial charge < -0.3 is 15.2 Å². The second-order valence-electron chi connectivity index (χ2n) is 4.85. The van der Waals surface area contributed by atoms with Crippen LogP contribution in [0.1, 0.15) is 31.4 Å². The number of aliphatic hydroxyl groups is 1. The molecule has 19 heavy (non-hydrogen) atoms. The molecule has 0 spiro atoms. The Hall–Kier alpha value is -1.39. The average molecular weight is 263 g/mol. The Kier molecular flexibility index (Phi) is 4.93. The maximum absolute atomic E-state index is 11.7. The highest BCUT2D eigenvalue weighted by atomic mass is 16.5. The topological polar surface area (TPSA) is 58.6 Å². The summed E-state index contributed by atoms with van der Waals surface area (Å²) in [5, 5.41) is 13.6. The van der Waals surface area contributed by atoms with Crippen LogP contribution in [0.4, 0.5) is 0 Å². The summed E-state index contributed by atoms with van der Waals surface area (Å²) in [4.78, 5) is 11.7. The first-order chi connectivity index (χ1) is 9.24. The van der Waals surface area contributed by atoms with Crippen LogP contribution in [-0.2, 0) is 9.53 Å². The van der Waals surface area contributed by atoms with Crippen LogP contribution in [0.5, 0.6) is 0 Å². The minimum atomic E-state index is -1.06. The second kappa shape index (κ2) is 6.68. The fourth-order valence-electron chi connectivity index (χ4n) is 2.68. The van der Waals surface area contributed by atoms with Crippen LogP contribution in [0.15, 0.2) is 30.3 Å². The molecular formula is C15H21NO3. The Bertz CT molecular complexity index is 407. The van der Waals surface area contributed by atoms with E-state index in [0.29, 0.717) is 6.61 Å². The highest BCUT2D eigenvalue weighted by Gasteiger charge is 2.36. The van der Waals surface area contributed by atoms with Crippen LogP contribution in [0.25, 0.3) is 0 Å². The Morgan fingerprint density at radius 1 is 1.47 bits per heavy atom. The lowest BCUT2D eigenvalue weighted by Crippen LogP contribution is -2.43. The Balaban J connectivity index is 2.14. The van der Waals surface area contributed by atoms with Gasteiger partial charge in [0, 0.05) is 12.0 Å². The molecule has 1 heterocycles. The predicted molar refractivity (Wildman–Crippen MR) is 72.5 cm³/mol. The average Bonchev–Trinajstić information content (AvgIpc) is 2.47. The van der Waals surface area contributed by atoms with Crippen LogP contribution >= 0.6 is 0 Å². The largest absolute Gasteiger partial charge is 0.464 e. The van der Waals surface area contributed by atoms with Crippen molar-refractivity contribution in [3.63, 3.8) is 0 Å². The molecule has 1 aromatic carbocycles. The lowest BCUT2D eigenvalue weighted by Gasteiger charge is -2.35. The molecule has 1 aromatic rings. The summed E-state index contributed by atoms with van der Waals surface area (Å²) in [5.41, 5.74) is 1.11. The van der Waals surface area contributed by atoms with Crippen molar-refractivity contribution in [2.45, 2.75) is 31.9 Å². The standard InChI is InChI=1S/C15H21NO3/c1-2-19-15(18)14(17)12-9-6-10-16-13(12)11-7-4-3-5-8-11/h3-5,7-8,12-14,16-17H,2,6,9-10H2,1H3/t12-,13-,14+/m0/s1. The van der Waals surface area contributed by atoms with E-state index in [-0.39, 0.29) is 12.0 Å². The third kappa shape index (κ3) is 3.33. The quantitative estimate of drug-likeness (QED) is 0.811. The molecule has 3 atom stereocenters. The highest BCUT2D eigenvalue weighted by molar-refractivity contribution is 5.74. The number of carbonyl (C=O) groups is 1. The van der Waals surface area contributed by atoms with Gasteiger partial charge in [0.25, 0.3) is 0 Å². The summed E-state index contributed by atoms with van der Waals surface area (Å²) >= 11 is 0. The first-order valence-electron chi connectivity index (χ1n) is 6.87. The van der Waals surface area contributed by atoms with E-state index < -0.39 is 12.1 Å². The molecular weight excluding hydrogens is 242 g/mol. The van der Waals surface area contributed by atoms with Gasteiger partial charge in [0.2, 0.25) is 0 Å². The molecule has 1 aliphatic rings. The van der Waals surface area contributed by atoms with Gasteiger partial charge in [-0.1, -0.05) is 30.3 Å². The van der Waals surface area contributed by atoms with Crippen LogP contribution in [0.2, 0.25) is 0 Å².